The molecule has 5 heteroatoms. The lowest BCUT2D eigenvalue weighted by Crippen LogP contribution is -2.48. The van der Waals surface area contributed by atoms with Gasteiger partial charge in [0.25, 0.3) is 0 Å². The topological polar surface area (TPSA) is 35.6 Å². The summed E-state index contributed by atoms with van der Waals surface area (Å²) in [5, 5.41) is 7.45. The van der Waals surface area contributed by atoms with E-state index < -0.39 is 0 Å². The van der Waals surface area contributed by atoms with Gasteiger partial charge in [-0.3, -0.25) is 9.69 Å². The minimum Gasteiger partial charge on any atom is -0.354 e. The minimum absolute atomic E-state index is 0.166. The Labute approximate surface area is 132 Å². The number of nitrogens with zero attached hydrogens (tertiary/aromatic N) is 2. The highest BCUT2D eigenvalue weighted by molar-refractivity contribution is 7.07. The number of thiophene rings is 1. The summed E-state index contributed by atoms with van der Waals surface area (Å²) in [6.45, 7) is 9.20. The third-order valence-electron chi connectivity index (χ3n) is 3.99. The normalized spacial score (nSPS) is 18.9. The summed E-state index contributed by atoms with van der Waals surface area (Å²) in [5.41, 5.74) is 1.33. The van der Waals surface area contributed by atoms with Crippen molar-refractivity contribution in [3.8, 4) is 0 Å². The Kier molecular flexibility index (Phi) is 6.21. The highest BCUT2D eigenvalue weighted by atomic mass is 32.1. The zero-order valence-corrected chi connectivity index (χ0v) is 14.2. The third-order valence-corrected chi connectivity index (χ3v) is 4.69. The number of carbonyl (C=O) groups is 1. The van der Waals surface area contributed by atoms with E-state index in [2.05, 4.69) is 52.8 Å². The number of piperazine rings is 1. The average molecular weight is 309 g/mol. The van der Waals surface area contributed by atoms with E-state index in [4.69, 9.17) is 0 Å². The van der Waals surface area contributed by atoms with Crippen LogP contribution in [0.1, 0.15) is 31.9 Å². The van der Waals surface area contributed by atoms with Crippen molar-refractivity contribution in [1.29, 1.82) is 0 Å². The molecule has 1 aliphatic rings. The first kappa shape index (κ1) is 16.5. The number of rotatable bonds is 6. The van der Waals surface area contributed by atoms with E-state index in [9.17, 15) is 4.79 Å². The highest BCUT2D eigenvalue weighted by Gasteiger charge is 2.24. The maximum absolute atomic E-state index is 11.9. The van der Waals surface area contributed by atoms with Crippen LogP contribution in [0.3, 0.4) is 0 Å². The van der Waals surface area contributed by atoms with Crippen LogP contribution in [-0.4, -0.2) is 55.5 Å². The summed E-state index contributed by atoms with van der Waals surface area (Å²) in [7, 11) is 2.17. The predicted molar refractivity (Wildman–Crippen MR) is 88.6 cm³/mol. The first-order chi connectivity index (χ1) is 10.1. The van der Waals surface area contributed by atoms with Crippen molar-refractivity contribution in [2.75, 3.05) is 39.8 Å². The van der Waals surface area contributed by atoms with Crippen molar-refractivity contribution < 1.29 is 4.79 Å². The van der Waals surface area contributed by atoms with Crippen LogP contribution in [0.5, 0.6) is 0 Å². The summed E-state index contributed by atoms with van der Waals surface area (Å²) >= 11 is 1.73. The van der Waals surface area contributed by atoms with E-state index in [0.29, 0.717) is 24.9 Å². The Morgan fingerprint density at radius 2 is 2.05 bits per heavy atom. The zero-order valence-electron chi connectivity index (χ0n) is 13.3. The predicted octanol–water partition coefficient (Wildman–Crippen LogP) is 2.20. The van der Waals surface area contributed by atoms with Gasteiger partial charge in [-0.1, -0.05) is 13.8 Å². The number of hydrogen-bond acceptors (Lipinski definition) is 4. The molecule has 0 bridgehead atoms. The van der Waals surface area contributed by atoms with Crippen LogP contribution in [-0.2, 0) is 4.79 Å². The largest absolute Gasteiger partial charge is 0.354 e. The summed E-state index contributed by atoms with van der Waals surface area (Å²) in [6, 6.07) is 2.49. The molecule has 0 spiro atoms. The molecule has 4 nitrogen and oxygen atoms in total. The lowest BCUT2D eigenvalue weighted by atomic mass is 10.1. The summed E-state index contributed by atoms with van der Waals surface area (Å²) in [4.78, 5) is 16.8. The third kappa shape index (κ3) is 5.09. The molecular formula is C16H27N3OS. The smallest absolute Gasteiger partial charge is 0.220 e. The lowest BCUT2D eigenvalue weighted by molar-refractivity contribution is -0.122. The van der Waals surface area contributed by atoms with E-state index in [1.54, 1.807) is 11.3 Å². The fourth-order valence-electron chi connectivity index (χ4n) is 2.71. The Bertz CT molecular complexity index is 425. The molecule has 1 aromatic rings. The second kappa shape index (κ2) is 7.92. The molecule has 118 valence electrons. The fourth-order valence-corrected chi connectivity index (χ4v) is 3.42. The highest BCUT2D eigenvalue weighted by Crippen LogP contribution is 2.23. The maximum Gasteiger partial charge on any atom is 0.220 e. The van der Waals surface area contributed by atoms with Gasteiger partial charge < -0.3 is 10.2 Å². The van der Waals surface area contributed by atoms with Gasteiger partial charge in [0, 0.05) is 39.1 Å². The Morgan fingerprint density at radius 3 is 2.62 bits per heavy atom. The quantitative estimate of drug-likeness (QED) is 0.875. The molecule has 2 rings (SSSR count). The van der Waals surface area contributed by atoms with Crippen LogP contribution < -0.4 is 5.32 Å². The van der Waals surface area contributed by atoms with Crippen molar-refractivity contribution in [1.82, 2.24) is 15.1 Å². The summed E-state index contributed by atoms with van der Waals surface area (Å²) < 4.78 is 0. The van der Waals surface area contributed by atoms with E-state index in [0.717, 1.165) is 26.2 Å². The van der Waals surface area contributed by atoms with Crippen LogP contribution in [0.25, 0.3) is 0 Å². The van der Waals surface area contributed by atoms with Crippen molar-refractivity contribution in [2.24, 2.45) is 5.92 Å². The molecule has 21 heavy (non-hydrogen) atoms. The van der Waals surface area contributed by atoms with E-state index in [-0.39, 0.29) is 5.91 Å². The molecular weight excluding hydrogens is 282 g/mol. The van der Waals surface area contributed by atoms with E-state index >= 15 is 0 Å². The minimum atomic E-state index is 0.166. The van der Waals surface area contributed by atoms with Gasteiger partial charge in [0.1, 0.15) is 0 Å². The lowest BCUT2D eigenvalue weighted by Gasteiger charge is -2.38. The SMILES string of the molecule is CC(C)CC(=O)NCC(c1ccsc1)N1CCN(C)CC1. The molecule has 1 atom stereocenters. The van der Waals surface area contributed by atoms with Gasteiger partial charge in [0.2, 0.25) is 5.91 Å². The first-order valence-electron chi connectivity index (χ1n) is 7.77. The Balaban J connectivity index is 1.95. The Morgan fingerprint density at radius 1 is 1.33 bits per heavy atom. The van der Waals surface area contributed by atoms with Crippen molar-refractivity contribution >= 4 is 17.2 Å². The van der Waals surface area contributed by atoms with Crippen molar-refractivity contribution in [2.45, 2.75) is 26.3 Å². The summed E-state index contributed by atoms with van der Waals surface area (Å²) in [5.74, 6) is 0.576. The second-order valence-corrected chi connectivity index (χ2v) is 7.09. The summed E-state index contributed by atoms with van der Waals surface area (Å²) in [6.07, 6.45) is 0.610. The fraction of sp³-hybridized carbons (Fsp3) is 0.688. The molecule has 1 fully saturated rings. The van der Waals surface area contributed by atoms with Gasteiger partial charge in [0.15, 0.2) is 0 Å². The van der Waals surface area contributed by atoms with Crippen LogP contribution in [0.4, 0.5) is 0 Å². The van der Waals surface area contributed by atoms with Crippen LogP contribution in [0.2, 0.25) is 0 Å². The number of likely N-dealkylation sites (N-methyl/N-ethyl adjacent to an activating group) is 1. The van der Waals surface area contributed by atoms with Gasteiger partial charge >= 0.3 is 0 Å². The molecule has 1 aliphatic heterocycles. The average Bonchev–Trinajstić information content (AvgIpc) is 2.94. The van der Waals surface area contributed by atoms with Gasteiger partial charge in [-0.05, 0) is 35.4 Å². The molecule has 1 unspecified atom stereocenters. The van der Waals surface area contributed by atoms with Crippen LogP contribution in [0.15, 0.2) is 16.8 Å². The van der Waals surface area contributed by atoms with Crippen LogP contribution in [0, 0.1) is 5.92 Å². The maximum atomic E-state index is 11.9. The van der Waals surface area contributed by atoms with Crippen molar-refractivity contribution in [3.05, 3.63) is 22.4 Å². The molecule has 0 saturated carbocycles. The molecule has 2 heterocycles. The van der Waals surface area contributed by atoms with Crippen molar-refractivity contribution in [3.63, 3.8) is 0 Å². The first-order valence-corrected chi connectivity index (χ1v) is 8.72. The van der Waals surface area contributed by atoms with E-state index in [1.165, 1.54) is 5.56 Å². The number of hydrogen-bond donors (Lipinski definition) is 1. The molecule has 1 N–H and O–H groups in total. The second-order valence-electron chi connectivity index (χ2n) is 6.31. The van der Waals surface area contributed by atoms with Gasteiger partial charge in [-0.25, -0.2) is 0 Å². The molecule has 1 amide bonds. The monoisotopic (exact) mass is 309 g/mol. The van der Waals surface area contributed by atoms with Crippen LogP contribution >= 0.6 is 11.3 Å². The van der Waals surface area contributed by atoms with Gasteiger partial charge in [-0.2, -0.15) is 11.3 Å². The number of nitrogens with one attached hydrogen (secondary N) is 1. The Hall–Kier alpha value is -0.910. The van der Waals surface area contributed by atoms with Gasteiger partial charge in [0.05, 0.1) is 6.04 Å². The molecule has 1 saturated heterocycles. The zero-order chi connectivity index (χ0) is 15.2. The van der Waals surface area contributed by atoms with Gasteiger partial charge in [-0.15, -0.1) is 0 Å². The molecule has 0 radical (unpaired) electrons. The number of carbonyl (C=O) groups excluding carboxylic acids is 1. The molecule has 0 aromatic carbocycles. The standard InChI is InChI=1S/C16H27N3OS/c1-13(2)10-16(20)17-11-15(14-4-9-21-12-14)19-7-5-18(3)6-8-19/h4,9,12-13,15H,5-8,10-11H2,1-3H3,(H,17,20). The molecule has 0 aliphatic carbocycles. The number of amides is 1. The van der Waals surface area contributed by atoms with E-state index in [1.807, 2.05) is 0 Å². The molecule has 1 aromatic heterocycles.